The molecule has 2 aromatic rings. The molecule has 2 aromatic carbocycles. The Morgan fingerprint density at radius 2 is 2.00 bits per heavy atom. The summed E-state index contributed by atoms with van der Waals surface area (Å²) in [5.74, 6) is 0.640. The smallest absolute Gasteiger partial charge is 0.363 e. The number of nitro groups is 1. The first-order chi connectivity index (χ1) is 14.8. The number of nitrogens with zero attached hydrogens (tertiary/aromatic N) is 2. The molecule has 0 N–H and O–H groups in total. The summed E-state index contributed by atoms with van der Waals surface area (Å²) in [5, 5.41) is 10.8. The van der Waals surface area contributed by atoms with Gasteiger partial charge in [-0.3, -0.25) is 10.1 Å². The molecular weight excluding hydrogens is 515 g/mol. The number of carbonyl (C=O) groups is 1. The van der Waals surface area contributed by atoms with E-state index in [1.54, 1.807) is 12.1 Å². The summed E-state index contributed by atoms with van der Waals surface area (Å²) in [6.45, 7) is 8.40. The third-order valence-electron chi connectivity index (χ3n) is 4.04. The standard InChI is InChI=1S/C22H19IN2O6/c1-4-29-19-11-14(9-17(23)20(19)30-12-13(2)3)10-18-22(26)31-21(24-18)15-5-7-16(8-6-15)25(27)28/h5-11H,2,4,12H2,1,3H3. The minimum atomic E-state index is -0.607. The maximum absolute atomic E-state index is 12.3. The summed E-state index contributed by atoms with van der Waals surface area (Å²) in [6.07, 6.45) is 1.59. The van der Waals surface area contributed by atoms with Crippen molar-refractivity contribution < 1.29 is 23.9 Å². The Balaban J connectivity index is 1.91. The lowest BCUT2D eigenvalue weighted by molar-refractivity contribution is -0.384. The van der Waals surface area contributed by atoms with Crippen LogP contribution in [0.2, 0.25) is 0 Å². The molecule has 0 bridgehead atoms. The molecule has 0 aliphatic carbocycles. The lowest BCUT2D eigenvalue weighted by Crippen LogP contribution is -2.05. The van der Waals surface area contributed by atoms with Gasteiger partial charge in [0, 0.05) is 17.7 Å². The summed E-state index contributed by atoms with van der Waals surface area (Å²) < 4.78 is 17.6. The van der Waals surface area contributed by atoms with Crippen LogP contribution in [0.25, 0.3) is 6.08 Å². The van der Waals surface area contributed by atoms with Gasteiger partial charge in [-0.25, -0.2) is 9.79 Å². The predicted molar refractivity (Wildman–Crippen MR) is 124 cm³/mol. The molecule has 9 heteroatoms. The maximum Gasteiger partial charge on any atom is 0.363 e. The van der Waals surface area contributed by atoms with Gasteiger partial charge in [0.15, 0.2) is 17.2 Å². The number of hydrogen-bond donors (Lipinski definition) is 0. The first kappa shape index (κ1) is 22.5. The molecular formula is C22H19IN2O6. The lowest BCUT2D eigenvalue weighted by Gasteiger charge is -2.14. The molecule has 8 nitrogen and oxygen atoms in total. The fourth-order valence-corrected chi connectivity index (χ4v) is 3.47. The highest BCUT2D eigenvalue weighted by molar-refractivity contribution is 14.1. The Kier molecular flexibility index (Phi) is 7.06. The number of cyclic esters (lactones) is 1. The quantitative estimate of drug-likeness (QED) is 0.119. The Morgan fingerprint density at radius 3 is 2.61 bits per heavy atom. The molecule has 0 atom stereocenters. The number of benzene rings is 2. The van der Waals surface area contributed by atoms with Crippen LogP contribution >= 0.6 is 22.6 Å². The van der Waals surface area contributed by atoms with Crippen LogP contribution in [-0.2, 0) is 9.53 Å². The zero-order chi connectivity index (χ0) is 22.5. The summed E-state index contributed by atoms with van der Waals surface area (Å²) in [5.41, 5.74) is 2.09. The monoisotopic (exact) mass is 534 g/mol. The van der Waals surface area contributed by atoms with Crippen molar-refractivity contribution in [1.29, 1.82) is 0 Å². The largest absolute Gasteiger partial charge is 0.490 e. The molecule has 0 aromatic heterocycles. The van der Waals surface area contributed by atoms with Crippen LogP contribution in [0.3, 0.4) is 0 Å². The molecule has 1 aliphatic rings. The number of ether oxygens (including phenoxy) is 3. The van der Waals surface area contributed by atoms with E-state index >= 15 is 0 Å². The maximum atomic E-state index is 12.3. The van der Waals surface area contributed by atoms with E-state index in [1.165, 1.54) is 24.3 Å². The van der Waals surface area contributed by atoms with E-state index in [0.29, 0.717) is 35.8 Å². The molecule has 0 spiro atoms. The SMILES string of the molecule is C=C(C)COc1c(I)cc(C=C2N=C(c3ccc([N+](=O)[O-])cc3)OC2=O)cc1OCC. The molecule has 160 valence electrons. The zero-order valence-corrected chi connectivity index (χ0v) is 19.0. The van der Waals surface area contributed by atoms with Gasteiger partial charge in [0.25, 0.3) is 5.69 Å². The number of carbonyl (C=O) groups excluding carboxylic acids is 1. The summed E-state index contributed by atoms with van der Waals surface area (Å²) in [6, 6.07) is 9.23. The van der Waals surface area contributed by atoms with Gasteiger partial charge in [-0.2, -0.15) is 0 Å². The van der Waals surface area contributed by atoms with Gasteiger partial charge in [0.05, 0.1) is 15.1 Å². The van der Waals surface area contributed by atoms with Crippen LogP contribution in [0.1, 0.15) is 25.0 Å². The van der Waals surface area contributed by atoms with E-state index in [1.807, 2.05) is 19.9 Å². The third-order valence-corrected chi connectivity index (χ3v) is 4.84. The minimum Gasteiger partial charge on any atom is -0.490 e. The predicted octanol–water partition coefficient (Wildman–Crippen LogP) is 4.90. The molecule has 31 heavy (non-hydrogen) atoms. The first-order valence-corrected chi connectivity index (χ1v) is 10.4. The Bertz CT molecular complexity index is 1110. The topological polar surface area (TPSA) is 100 Å². The zero-order valence-electron chi connectivity index (χ0n) is 16.9. The van der Waals surface area contributed by atoms with E-state index in [4.69, 9.17) is 14.2 Å². The van der Waals surface area contributed by atoms with E-state index in [0.717, 1.165) is 9.14 Å². The highest BCUT2D eigenvalue weighted by Crippen LogP contribution is 2.35. The van der Waals surface area contributed by atoms with Crippen molar-refractivity contribution in [2.45, 2.75) is 13.8 Å². The second-order valence-corrected chi connectivity index (χ2v) is 7.81. The minimum absolute atomic E-state index is 0.0589. The number of aliphatic imine (C=N–C) groups is 1. The van der Waals surface area contributed by atoms with Gasteiger partial charge in [-0.15, -0.1) is 0 Å². The Hall–Kier alpha value is -3.21. The number of nitro benzene ring substituents is 1. The number of esters is 1. The normalized spacial score (nSPS) is 14.2. The lowest BCUT2D eigenvalue weighted by atomic mass is 10.1. The van der Waals surface area contributed by atoms with Gasteiger partial charge in [0.2, 0.25) is 5.90 Å². The van der Waals surface area contributed by atoms with Crippen molar-refractivity contribution in [3.05, 3.63) is 79.1 Å². The van der Waals surface area contributed by atoms with Crippen LogP contribution in [-0.4, -0.2) is 30.0 Å². The second-order valence-electron chi connectivity index (χ2n) is 6.65. The molecule has 0 saturated heterocycles. The molecule has 0 unspecified atom stereocenters. The average Bonchev–Trinajstić information content (AvgIpc) is 3.07. The molecule has 1 aliphatic heterocycles. The second kappa shape index (κ2) is 9.73. The van der Waals surface area contributed by atoms with Crippen LogP contribution in [0.5, 0.6) is 11.5 Å². The van der Waals surface area contributed by atoms with Crippen molar-refractivity contribution in [3.63, 3.8) is 0 Å². The molecule has 0 radical (unpaired) electrons. The number of non-ortho nitro benzene ring substituents is 1. The fourth-order valence-electron chi connectivity index (χ4n) is 2.69. The molecule has 0 saturated carbocycles. The van der Waals surface area contributed by atoms with Crippen molar-refractivity contribution in [2.75, 3.05) is 13.2 Å². The highest BCUT2D eigenvalue weighted by Gasteiger charge is 2.25. The van der Waals surface area contributed by atoms with Gasteiger partial charge < -0.3 is 14.2 Å². The van der Waals surface area contributed by atoms with Gasteiger partial charge in [0.1, 0.15) is 6.61 Å². The van der Waals surface area contributed by atoms with Crippen LogP contribution in [0.15, 0.2) is 59.2 Å². The van der Waals surface area contributed by atoms with Gasteiger partial charge in [-0.1, -0.05) is 6.58 Å². The van der Waals surface area contributed by atoms with Crippen molar-refractivity contribution in [3.8, 4) is 11.5 Å². The van der Waals surface area contributed by atoms with Crippen molar-refractivity contribution >= 4 is 46.2 Å². The van der Waals surface area contributed by atoms with Crippen molar-refractivity contribution in [1.82, 2.24) is 0 Å². The van der Waals surface area contributed by atoms with Gasteiger partial charge in [-0.05, 0) is 77.9 Å². The highest BCUT2D eigenvalue weighted by atomic mass is 127. The van der Waals surface area contributed by atoms with Gasteiger partial charge >= 0.3 is 5.97 Å². The number of rotatable bonds is 8. The number of hydrogen-bond acceptors (Lipinski definition) is 7. The Labute approximate surface area is 192 Å². The van der Waals surface area contributed by atoms with E-state index < -0.39 is 10.9 Å². The first-order valence-electron chi connectivity index (χ1n) is 9.29. The molecule has 1 heterocycles. The summed E-state index contributed by atoms with van der Waals surface area (Å²) >= 11 is 2.14. The van der Waals surface area contributed by atoms with Crippen LogP contribution in [0, 0.1) is 13.7 Å². The van der Waals surface area contributed by atoms with E-state index in [9.17, 15) is 14.9 Å². The van der Waals surface area contributed by atoms with E-state index in [2.05, 4.69) is 34.2 Å². The van der Waals surface area contributed by atoms with Crippen molar-refractivity contribution in [2.24, 2.45) is 4.99 Å². The molecule has 3 rings (SSSR count). The van der Waals surface area contributed by atoms with Crippen LogP contribution in [0.4, 0.5) is 5.69 Å². The number of halogens is 1. The fraction of sp³-hybridized carbons (Fsp3) is 0.182. The van der Waals surface area contributed by atoms with Crippen LogP contribution < -0.4 is 9.47 Å². The molecule has 0 amide bonds. The average molecular weight is 534 g/mol. The summed E-state index contributed by atoms with van der Waals surface area (Å²) in [7, 11) is 0. The third kappa shape index (κ3) is 5.48. The summed E-state index contributed by atoms with van der Waals surface area (Å²) in [4.78, 5) is 26.8. The van der Waals surface area contributed by atoms with E-state index in [-0.39, 0.29) is 17.3 Å². The molecule has 0 fully saturated rings. The Morgan fingerprint density at radius 1 is 1.29 bits per heavy atom.